The summed E-state index contributed by atoms with van der Waals surface area (Å²) in [6.45, 7) is 9.00. The van der Waals surface area contributed by atoms with Gasteiger partial charge in [-0.05, 0) is 25.2 Å². The molecule has 0 aliphatic heterocycles. The Morgan fingerprint density at radius 2 is 1.83 bits per heavy atom. The largest absolute Gasteiger partial charge is 0.328 e. The maximum atomic E-state index is 5.78. The van der Waals surface area contributed by atoms with Crippen LogP contribution < -0.4 is 5.73 Å². The SMILES string of the molecule is CCCCCC(C)(C)CC(C)N. The molecule has 0 aromatic rings. The molecule has 0 aliphatic rings. The molecule has 0 heterocycles. The first-order valence-electron chi connectivity index (χ1n) is 5.23. The van der Waals surface area contributed by atoms with Crippen LogP contribution in [-0.2, 0) is 0 Å². The van der Waals surface area contributed by atoms with Crippen LogP contribution in [0.2, 0.25) is 0 Å². The Kier molecular flexibility index (Phi) is 5.56. The molecule has 0 aromatic heterocycles. The van der Waals surface area contributed by atoms with Crippen LogP contribution in [-0.4, -0.2) is 6.04 Å². The van der Waals surface area contributed by atoms with E-state index in [1.54, 1.807) is 0 Å². The second kappa shape index (κ2) is 5.58. The highest BCUT2D eigenvalue weighted by molar-refractivity contribution is 4.72. The predicted molar refractivity (Wildman–Crippen MR) is 56.2 cm³/mol. The predicted octanol–water partition coefficient (Wildman–Crippen LogP) is 3.33. The van der Waals surface area contributed by atoms with Crippen molar-refractivity contribution in [3.63, 3.8) is 0 Å². The molecule has 1 nitrogen and oxygen atoms in total. The fourth-order valence-electron chi connectivity index (χ4n) is 1.83. The van der Waals surface area contributed by atoms with Crippen molar-refractivity contribution < 1.29 is 0 Å². The van der Waals surface area contributed by atoms with Crippen molar-refractivity contribution in [3.8, 4) is 0 Å². The Morgan fingerprint density at radius 1 is 1.25 bits per heavy atom. The zero-order valence-corrected chi connectivity index (χ0v) is 9.19. The lowest BCUT2D eigenvalue weighted by Gasteiger charge is -2.26. The first kappa shape index (κ1) is 12.0. The van der Waals surface area contributed by atoms with Gasteiger partial charge in [0.2, 0.25) is 0 Å². The summed E-state index contributed by atoms with van der Waals surface area (Å²) in [7, 11) is 0. The van der Waals surface area contributed by atoms with Crippen LogP contribution in [0.4, 0.5) is 0 Å². The molecule has 0 aliphatic carbocycles. The van der Waals surface area contributed by atoms with E-state index in [0.29, 0.717) is 11.5 Å². The summed E-state index contributed by atoms with van der Waals surface area (Å²) >= 11 is 0. The molecule has 0 saturated carbocycles. The van der Waals surface area contributed by atoms with E-state index in [1.807, 2.05) is 0 Å². The van der Waals surface area contributed by atoms with Crippen LogP contribution in [0, 0.1) is 5.41 Å². The van der Waals surface area contributed by atoms with E-state index in [1.165, 1.54) is 25.7 Å². The molecule has 2 N–H and O–H groups in total. The number of unbranched alkanes of at least 4 members (excludes halogenated alkanes) is 2. The summed E-state index contributed by atoms with van der Waals surface area (Å²) in [5, 5.41) is 0. The molecule has 0 spiro atoms. The van der Waals surface area contributed by atoms with Gasteiger partial charge >= 0.3 is 0 Å². The van der Waals surface area contributed by atoms with Gasteiger partial charge in [-0.15, -0.1) is 0 Å². The van der Waals surface area contributed by atoms with Crippen LogP contribution in [0.3, 0.4) is 0 Å². The number of hydrogen-bond donors (Lipinski definition) is 1. The molecule has 1 heteroatoms. The molecule has 1 unspecified atom stereocenters. The van der Waals surface area contributed by atoms with Crippen LogP contribution in [0.5, 0.6) is 0 Å². The molecule has 74 valence electrons. The highest BCUT2D eigenvalue weighted by Crippen LogP contribution is 2.28. The van der Waals surface area contributed by atoms with Gasteiger partial charge in [0, 0.05) is 6.04 Å². The molecule has 0 amide bonds. The monoisotopic (exact) mass is 171 g/mol. The molecule has 0 bridgehead atoms. The first-order chi connectivity index (χ1) is 5.48. The number of hydrogen-bond acceptors (Lipinski definition) is 1. The standard InChI is InChI=1S/C11H25N/c1-5-6-7-8-11(3,4)9-10(2)12/h10H,5-9,12H2,1-4H3. The highest BCUT2D eigenvalue weighted by Gasteiger charge is 2.18. The Balaban J connectivity index is 3.56. The third-order valence-electron chi connectivity index (χ3n) is 2.33. The van der Waals surface area contributed by atoms with Gasteiger partial charge in [0.25, 0.3) is 0 Å². The summed E-state index contributed by atoms with van der Waals surface area (Å²) in [6, 6.07) is 0.349. The summed E-state index contributed by atoms with van der Waals surface area (Å²) in [6.07, 6.45) is 6.51. The van der Waals surface area contributed by atoms with Gasteiger partial charge < -0.3 is 5.73 Å². The maximum Gasteiger partial charge on any atom is 0.00155 e. The minimum absolute atomic E-state index is 0.349. The Hall–Kier alpha value is -0.0400. The van der Waals surface area contributed by atoms with Gasteiger partial charge in [-0.1, -0.05) is 40.0 Å². The Labute approximate surface area is 77.7 Å². The second-order valence-corrected chi connectivity index (χ2v) is 4.80. The van der Waals surface area contributed by atoms with Gasteiger partial charge in [-0.2, -0.15) is 0 Å². The third-order valence-corrected chi connectivity index (χ3v) is 2.33. The Morgan fingerprint density at radius 3 is 2.25 bits per heavy atom. The van der Waals surface area contributed by atoms with Gasteiger partial charge in [0.15, 0.2) is 0 Å². The zero-order chi connectivity index (χ0) is 9.61. The lowest BCUT2D eigenvalue weighted by Crippen LogP contribution is -2.24. The van der Waals surface area contributed by atoms with Gasteiger partial charge in [-0.3, -0.25) is 0 Å². The normalized spacial score (nSPS) is 14.8. The summed E-state index contributed by atoms with van der Waals surface area (Å²) in [5.41, 5.74) is 6.23. The molecule has 1 atom stereocenters. The van der Waals surface area contributed by atoms with E-state index in [2.05, 4.69) is 27.7 Å². The van der Waals surface area contributed by atoms with E-state index in [4.69, 9.17) is 5.73 Å². The average molecular weight is 171 g/mol. The minimum atomic E-state index is 0.349. The van der Waals surface area contributed by atoms with Crippen LogP contribution in [0.15, 0.2) is 0 Å². The molecule has 0 radical (unpaired) electrons. The number of rotatable bonds is 6. The van der Waals surface area contributed by atoms with Crippen molar-refractivity contribution in [3.05, 3.63) is 0 Å². The number of nitrogens with two attached hydrogens (primary N) is 1. The molecule has 12 heavy (non-hydrogen) atoms. The van der Waals surface area contributed by atoms with Gasteiger partial charge in [0.1, 0.15) is 0 Å². The van der Waals surface area contributed by atoms with Crippen molar-refractivity contribution in [1.82, 2.24) is 0 Å². The maximum absolute atomic E-state index is 5.78. The summed E-state index contributed by atoms with van der Waals surface area (Å²) in [4.78, 5) is 0. The first-order valence-corrected chi connectivity index (χ1v) is 5.23. The van der Waals surface area contributed by atoms with Crippen molar-refractivity contribution in [2.45, 2.75) is 65.8 Å². The summed E-state index contributed by atoms with van der Waals surface area (Å²) in [5.74, 6) is 0. The average Bonchev–Trinajstić information content (AvgIpc) is 1.84. The fraction of sp³-hybridized carbons (Fsp3) is 1.00. The molecule has 0 fully saturated rings. The van der Waals surface area contributed by atoms with Crippen molar-refractivity contribution in [2.75, 3.05) is 0 Å². The fourth-order valence-corrected chi connectivity index (χ4v) is 1.83. The van der Waals surface area contributed by atoms with Crippen molar-refractivity contribution >= 4 is 0 Å². The minimum Gasteiger partial charge on any atom is -0.328 e. The van der Waals surface area contributed by atoms with E-state index >= 15 is 0 Å². The van der Waals surface area contributed by atoms with Crippen molar-refractivity contribution in [1.29, 1.82) is 0 Å². The van der Waals surface area contributed by atoms with E-state index in [-0.39, 0.29) is 0 Å². The Bertz CT molecular complexity index is 106. The van der Waals surface area contributed by atoms with Gasteiger partial charge in [-0.25, -0.2) is 0 Å². The zero-order valence-electron chi connectivity index (χ0n) is 9.19. The lowest BCUT2D eigenvalue weighted by molar-refractivity contribution is 0.277. The lowest BCUT2D eigenvalue weighted by atomic mass is 9.81. The molecule has 0 aromatic carbocycles. The van der Waals surface area contributed by atoms with Crippen LogP contribution >= 0.6 is 0 Å². The van der Waals surface area contributed by atoms with Crippen LogP contribution in [0.25, 0.3) is 0 Å². The molecular weight excluding hydrogens is 146 g/mol. The van der Waals surface area contributed by atoms with Crippen LogP contribution in [0.1, 0.15) is 59.8 Å². The van der Waals surface area contributed by atoms with E-state index < -0.39 is 0 Å². The smallest absolute Gasteiger partial charge is 0.00155 e. The van der Waals surface area contributed by atoms with Crippen molar-refractivity contribution in [2.24, 2.45) is 11.1 Å². The molecule has 0 rings (SSSR count). The van der Waals surface area contributed by atoms with Gasteiger partial charge in [0.05, 0.1) is 0 Å². The quantitative estimate of drug-likeness (QED) is 0.609. The van der Waals surface area contributed by atoms with E-state index in [9.17, 15) is 0 Å². The molecule has 0 saturated heterocycles. The third kappa shape index (κ3) is 6.66. The topological polar surface area (TPSA) is 26.0 Å². The highest BCUT2D eigenvalue weighted by atomic mass is 14.6. The second-order valence-electron chi connectivity index (χ2n) is 4.80. The molecular formula is C11H25N. The summed E-state index contributed by atoms with van der Waals surface area (Å²) < 4.78 is 0. The van der Waals surface area contributed by atoms with E-state index in [0.717, 1.165) is 6.42 Å².